The largest absolute Gasteiger partial charge is 0.394 e. The van der Waals surface area contributed by atoms with Crippen LogP contribution in [0.1, 0.15) is 0 Å². The molecule has 0 fully saturated rings. The number of hydrogen-bond acceptors (Lipinski definition) is 7. The van der Waals surface area contributed by atoms with Gasteiger partial charge >= 0.3 is 0 Å². The van der Waals surface area contributed by atoms with Crippen molar-refractivity contribution in [3.05, 3.63) is 25.3 Å². The molecule has 0 saturated carbocycles. The third-order valence-corrected chi connectivity index (χ3v) is 3.12. The van der Waals surface area contributed by atoms with Crippen molar-refractivity contribution in [2.75, 3.05) is 34.0 Å². The fourth-order valence-corrected chi connectivity index (χ4v) is 1.86. The summed E-state index contributed by atoms with van der Waals surface area (Å²) in [4.78, 5) is 0. The monoisotopic (exact) mass is 306 g/mol. The highest BCUT2D eigenvalue weighted by Crippen LogP contribution is 2.24. The van der Waals surface area contributed by atoms with Crippen LogP contribution in [-0.4, -0.2) is 78.6 Å². The van der Waals surface area contributed by atoms with Crippen LogP contribution < -0.4 is 0 Å². The molecule has 4 N–H and O–H groups in total. The molecule has 0 aliphatic rings. The Morgan fingerprint density at radius 2 is 1.67 bits per heavy atom. The van der Waals surface area contributed by atoms with Crippen LogP contribution in [0.15, 0.2) is 25.3 Å². The molecule has 0 saturated heterocycles. The van der Waals surface area contributed by atoms with Crippen molar-refractivity contribution < 1.29 is 34.6 Å². The van der Waals surface area contributed by atoms with Gasteiger partial charge in [-0.05, 0) is 6.08 Å². The second kappa shape index (κ2) is 10.0. The molecule has 124 valence electrons. The molecule has 0 bridgehead atoms. The molecule has 0 radical (unpaired) electrons. The number of aliphatic hydroxyl groups is 4. The molecule has 0 aliphatic heterocycles. The van der Waals surface area contributed by atoms with Crippen molar-refractivity contribution in [1.29, 1.82) is 0 Å². The average Bonchev–Trinajstić information content (AvgIpc) is 2.48. The van der Waals surface area contributed by atoms with Crippen LogP contribution in [0.4, 0.5) is 0 Å². The van der Waals surface area contributed by atoms with Crippen LogP contribution in [0.5, 0.6) is 0 Å². The van der Waals surface area contributed by atoms with E-state index in [0.29, 0.717) is 0 Å². The summed E-state index contributed by atoms with van der Waals surface area (Å²) in [5.74, 6) is -3.29. The van der Waals surface area contributed by atoms with E-state index < -0.39 is 36.6 Å². The van der Waals surface area contributed by atoms with E-state index in [1.165, 1.54) is 20.3 Å². The van der Waals surface area contributed by atoms with E-state index in [9.17, 15) is 20.4 Å². The standard InChI is InChI=1S/C14H26O7/c1-5-11(16)13(9-20-4)21-12(7-15)10(8-19-3)14(17,18)6-2/h5-6,10-13,15-18H,1-2,7-9H2,3-4H3. The van der Waals surface area contributed by atoms with Crippen molar-refractivity contribution in [2.45, 2.75) is 24.1 Å². The van der Waals surface area contributed by atoms with Gasteiger partial charge in [0.2, 0.25) is 0 Å². The molecule has 4 unspecified atom stereocenters. The lowest BCUT2D eigenvalue weighted by Crippen LogP contribution is -2.50. The number of aliphatic hydroxyl groups excluding tert-OH is 2. The Balaban J connectivity index is 5.13. The Kier molecular flexibility index (Phi) is 9.63. The Bertz CT molecular complexity index is 306. The maximum absolute atomic E-state index is 9.91. The van der Waals surface area contributed by atoms with Crippen molar-refractivity contribution in [1.82, 2.24) is 0 Å². The first kappa shape index (κ1) is 20.2. The quantitative estimate of drug-likeness (QED) is 0.272. The van der Waals surface area contributed by atoms with E-state index in [-0.39, 0.29) is 13.2 Å². The second-order valence-electron chi connectivity index (χ2n) is 4.63. The van der Waals surface area contributed by atoms with Crippen LogP contribution in [0.2, 0.25) is 0 Å². The Hall–Kier alpha value is -0.800. The molecule has 0 amide bonds. The zero-order chi connectivity index (χ0) is 16.5. The van der Waals surface area contributed by atoms with Gasteiger partial charge in [-0.15, -0.1) is 6.58 Å². The molecular weight excluding hydrogens is 280 g/mol. The van der Waals surface area contributed by atoms with Crippen LogP contribution in [0.25, 0.3) is 0 Å². The van der Waals surface area contributed by atoms with E-state index >= 15 is 0 Å². The Labute approximate surface area is 125 Å². The predicted octanol–water partition coefficient (Wildman–Crippen LogP) is -0.945. The number of methoxy groups -OCH3 is 2. The maximum atomic E-state index is 9.91. The van der Waals surface area contributed by atoms with Crippen molar-refractivity contribution in [2.24, 2.45) is 5.92 Å². The first-order chi connectivity index (χ1) is 9.87. The number of rotatable bonds is 12. The zero-order valence-electron chi connectivity index (χ0n) is 12.5. The molecule has 0 aromatic rings. The van der Waals surface area contributed by atoms with E-state index in [4.69, 9.17) is 14.2 Å². The molecule has 0 aromatic carbocycles. The molecule has 0 rings (SSSR count). The summed E-state index contributed by atoms with van der Waals surface area (Å²) >= 11 is 0. The van der Waals surface area contributed by atoms with Crippen molar-refractivity contribution in [3.8, 4) is 0 Å². The first-order valence-electron chi connectivity index (χ1n) is 6.51. The summed E-state index contributed by atoms with van der Waals surface area (Å²) in [6.45, 7) is 6.24. The second-order valence-corrected chi connectivity index (χ2v) is 4.63. The van der Waals surface area contributed by atoms with Crippen molar-refractivity contribution in [3.63, 3.8) is 0 Å². The molecular formula is C14H26O7. The summed E-state index contributed by atoms with van der Waals surface area (Å²) in [5, 5.41) is 39.1. The molecule has 0 heterocycles. The normalized spacial score (nSPS) is 17.8. The zero-order valence-corrected chi connectivity index (χ0v) is 12.5. The summed E-state index contributed by atoms with van der Waals surface area (Å²) in [7, 11) is 2.81. The molecule has 0 spiro atoms. The predicted molar refractivity (Wildman–Crippen MR) is 76.6 cm³/mol. The van der Waals surface area contributed by atoms with Gasteiger partial charge in [-0.1, -0.05) is 12.7 Å². The highest BCUT2D eigenvalue weighted by atomic mass is 16.6. The van der Waals surface area contributed by atoms with Gasteiger partial charge in [0, 0.05) is 14.2 Å². The Morgan fingerprint density at radius 3 is 2.05 bits per heavy atom. The number of hydrogen-bond donors (Lipinski definition) is 4. The van der Waals surface area contributed by atoms with E-state index in [1.807, 2.05) is 0 Å². The summed E-state index contributed by atoms with van der Waals surface area (Å²) < 4.78 is 15.4. The first-order valence-corrected chi connectivity index (χ1v) is 6.51. The third kappa shape index (κ3) is 6.23. The fourth-order valence-electron chi connectivity index (χ4n) is 1.86. The minimum absolute atomic E-state index is 0.0430. The summed E-state index contributed by atoms with van der Waals surface area (Å²) in [5.41, 5.74) is 0. The van der Waals surface area contributed by atoms with E-state index in [1.54, 1.807) is 0 Å². The lowest BCUT2D eigenvalue weighted by atomic mass is 9.93. The van der Waals surface area contributed by atoms with Crippen LogP contribution >= 0.6 is 0 Å². The summed E-state index contributed by atoms with van der Waals surface area (Å²) in [6.07, 6.45) is -0.657. The smallest absolute Gasteiger partial charge is 0.190 e. The lowest BCUT2D eigenvalue weighted by molar-refractivity contribution is -0.224. The maximum Gasteiger partial charge on any atom is 0.190 e. The van der Waals surface area contributed by atoms with Crippen LogP contribution in [0.3, 0.4) is 0 Å². The SMILES string of the molecule is C=CC(O)C(COC)OC(CO)C(COC)C(O)(O)C=C. The van der Waals surface area contributed by atoms with Crippen molar-refractivity contribution >= 4 is 0 Å². The van der Waals surface area contributed by atoms with Gasteiger partial charge in [0.1, 0.15) is 12.2 Å². The van der Waals surface area contributed by atoms with Gasteiger partial charge < -0.3 is 34.6 Å². The molecule has 7 nitrogen and oxygen atoms in total. The fraction of sp³-hybridized carbons (Fsp3) is 0.714. The van der Waals surface area contributed by atoms with E-state index in [0.717, 1.165) is 6.08 Å². The van der Waals surface area contributed by atoms with Crippen LogP contribution in [-0.2, 0) is 14.2 Å². The van der Waals surface area contributed by atoms with Gasteiger partial charge in [0.05, 0.1) is 31.8 Å². The molecule has 0 aromatic heterocycles. The van der Waals surface area contributed by atoms with Gasteiger partial charge in [-0.25, -0.2) is 0 Å². The molecule has 7 heteroatoms. The topological polar surface area (TPSA) is 109 Å². The minimum Gasteiger partial charge on any atom is -0.394 e. The Morgan fingerprint density at radius 1 is 1.10 bits per heavy atom. The van der Waals surface area contributed by atoms with Gasteiger partial charge in [-0.2, -0.15) is 0 Å². The molecule has 21 heavy (non-hydrogen) atoms. The van der Waals surface area contributed by atoms with Gasteiger partial charge in [0.25, 0.3) is 0 Å². The summed E-state index contributed by atoms with van der Waals surface area (Å²) in [6, 6.07) is 0. The lowest BCUT2D eigenvalue weighted by Gasteiger charge is -2.36. The molecule has 0 aliphatic carbocycles. The highest BCUT2D eigenvalue weighted by molar-refractivity contribution is 4.96. The minimum atomic E-state index is -2.29. The van der Waals surface area contributed by atoms with Gasteiger partial charge in [-0.3, -0.25) is 0 Å². The van der Waals surface area contributed by atoms with E-state index in [2.05, 4.69) is 13.2 Å². The third-order valence-electron chi connectivity index (χ3n) is 3.12. The molecule has 4 atom stereocenters. The van der Waals surface area contributed by atoms with Crippen LogP contribution in [0, 0.1) is 5.92 Å². The average molecular weight is 306 g/mol. The highest BCUT2D eigenvalue weighted by Gasteiger charge is 2.40. The number of ether oxygens (including phenoxy) is 3. The van der Waals surface area contributed by atoms with Gasteiger partial charge in [0.15, 0.2) is 5.79 Å².